The fourth-order valence-electron chi connectivity index (χ4n) is 5.93. The molecule has 0 saturated heterocycles. The molecule has 0 aliphatic carbocycles. The number of hydrogen-bond donors (Lipinski definition) is 0. The monoisotopic (exact) mass is 1300 g/mol. The summed E-state index contributed by atoms with van der Waals surface area (Å²) in [6.07, 6.45) is 27.7. The summed E-state index contributed by atoms with van der Waals surface area (Å²) in [4.78, 5) is 34.3. The van der Waals surface area contributed by atoms with E-state index in [0.29, 0.717) is 39.6 Å². The Morgan fingerprint density at radius 1 is 0.246 bits per heavy atom. The Morgan fingerprint density at radius 3 is 0.477 bits per heavy atom. The summed E-state index contributed by atoms with van der Waals surface area (Å²) in [5.41, 5.74) is 0. The van der Waals surface area contributed by atoms with Crippen LogP contribution in [0.5, 0.6) is 0 Å². The van der Waals surface area contributed by atoms with E-state index in [-0.39, 0.29) is 119 Å². The quantitative estimate of drug-likeness (QED) is 0.0525. The third kappa shape index (κ3) is 88.5. The van der Waals surface area contributed by atoms with Crippen molar-refractivity contribution in [2.45, 2.75) is 237 Å². The molecule has 0 aromatic rings. The Hall–Kier alpha value is 4.50. The second-order valence-electron chi connectivity index (χ2n) is 19.1. The van der Waals surface area contributed by atoms with Crippen LogP contribution in [0.4, 0.5) is 0 Å². The minimum absolute atomic E-state index is 0. The minimum Gasteiger partial charge on any atom is -1.00 e. The van der Waals surface area contributed by atoms with Gasteiger partial charge < -0.3 is 79.0 Å². The van der Waals surface area contributed by atoms with Gasteiger partial charge in [0.2, 0.25) is 0 Å². The third-order valence-corrected chi connectivity index (χ3v) is 12.1. The summed E-state index contributed by atoms with van der Waals surface area (Å²) < 4.78 is 31.1. The minimum atomic E-state index is -1.90. The van der Waals surface area contributed by atoms with Crippen molar-refractivity contribution in [3.8, 4) is 0 Å². The molecule has 0 aromatic heterocycles. The van der Waals surface area contributed by atoms with Gasteiger partial charge >= 0.3 is 81.7 Å². The van der Waals surface area contributed by atoms with Crippen LogP contribution >= 0.6 is 25.8 Å². The van der Waals surface area contributed by atoms with E-state index in [1.165, 1.54) is 77.0 Å². The van der Waals surface area contributed by atoms with Crippen molar-refractivity contribution in [2.75, 3.05) is 39.6 Å². The molecule has 17 heteroatoms. The molecular formula is C48H102Cl3Nd2O9P3. The molecule has 0 bridgehead atoms. The van der Waals surface area contributed by atoms with E-state index in [1.807, 2.05) is 0 Å². The van der Waals surface area contributed by atoms with Crippen LogP contribution in [-0.4, -0.2) is 39.6 Å². The molecule has 0 fully saturated rings. The van der Waals surface area contributed by atoms with Crippen LogP contribution in [0.3, 0.4) is 0 Å². The molecule has 0 heterocycles. The zero-order chi connectivity index (χ0) is 45.7. The number of unbranched alkanes of at least 4 members (excludes halogenated alkanes) is 12. The van der Waals surface area contributed by atoms with Crippen LogP contribution in [0, 0.1) is 117 Å². The zero-order valence-electron chi connectivity index (χ0n) is 43.8. The van der Waals surface area contributed by atoms with E-state index in [2.05, 4.69) is 83.1 Å². The number of rotatable bonds is 42. The predicted molar refractivity (Wildman–Crippen MR) is 256 cm³/mol. The zero-order valence-corrected chi connectivity index (χ0v) is 55.2. The van der Waals surface area contributed by atoms with Gasteiger partial charge in [-0.25, -0.2) is 0 Å². The molecule has 65 heavy (non-hydrogen) atoms. The summed E-state index contributed by atoms with van der Waals surface area (Å²) in [7, 11) is -5.69. The maximum atomic E-state index is 11.4. The molecule has 0 spiro atoms. The average Bonchev–Trinajstić information content (AvgIpc) is 3.16. The van der Waals surface area contributed by atoms with Crippen molar-refractivity contribution in [2.24, 2.45) is 35.5 Å². The maximum Gasteiger partial charge on any atom is 3.00 e. The molecule has 0 aliphatic heterocycles. The van der Waals surface area contributed by atoms with Gasteiger partial charge in [0.05, 0.1) is 65.4 Å². The standard InChI is InChI=1S/3C16H34O3P.3ClH.2Nd/c3*1-15(2)11-7-5-9-13-18-20(17)19-14-10-6-8-12-16(3)4;;;;;/h3*15-16H,5-14H2,1-4H3;3*1H;;/q3*-1;;;;2*+3/p-3. The normalized spacial score (nSPS) is 11.1. The summed E-state index contributed by atoms with van der Waals surface area (Å²) >= 11 is 0. The Morgan fingerprint density at radius 2 is 0.369 bits per heavy atom. The topological polar surface area (TPSA) is 125 Å². The molecule has 392 valence electrons. The Balaban J connectivity index is -0.000000120. The molecule has 0 atom stereocenters. The van der Waals surface area contributed by atoms with Crippen LogP contribution in [0.1, 0.15) is 237 Å². The summed E-state index contributed by atoms with van der Waals surface area (Å²) in [6, 6.07) is 0. The largest absolute Gasteiger partial charge is 3.00 e. The van der Waals surface area contributed by atoms with Crippen LogP contribution in [0.2, 0.25) is 0 Å². The first kappa shape index (κ1) is 86.2. The Kier molecular flexibility index (Phi) is 90.9. The van der Waals surface area contributed by atoms with Gasteiger partial charge in [-0.05, 0) is 74.0 Å². The van der Waals surface area contributed by atoms with E-state index in [4.69, 9.17) is 27.1 Å². The van der Waals surface area contributed by atoms with Crippen molar-refractivity contribution in [3.63, 3.8) is 0 Å². The molecule has 0 unspecified atom stereocenters. The van der Waals surface area contributed by atoms with Crippen molar-refractivity contribution in [3.05, 3.63) is 0 Å². The van der Waals surface area contributed by atoms with E-state index in [9.17, 15) is 14.7 Å². The predicted octanol–water partition coefficient (Wildman–Crippen LogP) is 6.13. The molecule has 2 radical (unpaired) electrons. The van der Waals surface area contributed by atoms with Crippen LogP contribution in [-0.2, 0) is 27.1 Å². The molecule has 0 rings (SSSR count). The second kappa shape index (κ2) is 68.5. The molecular weight excluding hydrogens is 1210 g/mol. The molecule has 0 saturated carbocycles. The smallest absolute Gasteiger partial charge is 1.00 e. The van der Waals surface area contributed by atoms with Gasteiger partial charge in [0.1, 0.15) is 0 Å². The SMILES string of the molecule is CC(C)CCCCCOP([O-])OCCCCCC(C)C.CC(C)CCCCCOP([O-])OCCCCCC(C)C.CC(C)CCCCCOP([O-])OCCCCCC(C)C.[Cl-].[Cl-].[Cl-].[Nd+3].[Nd+3]. The molecule has 9 nitrogen and oxygen atoms in total. The fourth-order valence-corrected chi connectivity index (χ4v) is 7.83. The summed E-state index contributed by atoms with van der Waals surface area (Å²) in [6.45, 7) is 30.2. The summed E-state index contributed by atoms with van der Waals surface area (Å²) in [5, 5.41) is 0. The summed E-state index contributed by atoms with van der Waals surface area (Å²) in [5.74, 6) is 4.62. The molecule has 0 N–H and O–H groups in total. The van der Waals surface area contributed by atoms with E-state index < -0.39 is 25.8 Å². The van der Waals surface area contributed by atoms with Gasteiger partial charge in [0, 0.05) is 0 Å². The number of hydrogen-bond acceptors (Lipinski definition) is 9. The first-order valence-electron chi connectivity index (χ1n) is 24.8. The first-order valence-corrected chi connectivity index (χ1v) is 28.0. The fraction of sp³-hybridized carbons (Fsp3) is 1.00. The van der Waals surface area contributed by atoms with Gasteiger partial charge in [-0.2, -0.15) is 0 Å². The van der Waals surface area contributed by atoms with Gasteiger partial charge in [-0.15, -0.1) is 0 Å². The first-order chi connectivity index (χ1) is 28.6. The average molecular weight is 1310 g/mol. The van der Waals surface area contributed by atoms with Crippen LogP contribution in [0.25, 0.3) is 0 Å². The Labute approximate surface area is 493 Å². The van der Waals surface area contributed by atoms with Crippen molar-refractivity contribution >= 4 is 25.8 Å². The van der Waals surface area contributed by atoms with Crippen LogP contribution in [0.15, 0.2) is 0 Å². The van der Waals surface area contributed by atoms with Crippen LogP contribution < -0.4 is 51.9 Å². The van der Waals surface area contributed by atoms with Crippen molar-refractivity contribution in [1.82, 2.24) is 0 Å². The number of halogens is 3. The van der Waals surface area contributed by atoms with E-state index >= 15 is 0 Å². The van der Waals surface area contributed by atoms with E-state index in [1.54, 1.807) is 0 Å². The Bertz CT molecular complexity index is 665. The van der Waals surface area contributed by atoms with Gasteiger partial charge in [-0.1, -0.05) is 199 Å². The van der Waals surface area contributed by atoms with Gasteiger partial charge in [-0.3, -0.25) is 0 Å². The second-order valence-corrected chi connectivity index (χ2v) is 22.0. The maximum absolute atomic E-state index is 11.4. The molecule has 0 amide bonds. The molecule has 0 aromatic carbocycles. The van der Waals surface area contributed by atoms with Crippen molar-refractivity contribution < 1.29 is 161 Å². The van der Waals surface area contributed by atoms with Gasteiger partial charge in [0.25, 0.3) is 0 Å². The van der Waals surface area contributed by atoms with Crippen molar-refractivity contribution in [1.29, 1.82) is 0 Å². The van der Waals surface area contributed by atoms with Gasteiger partial charge in [0.15, 0.2) is 0 Å². The third-order valence-electron chi connectivity index (χ3n) is 9.74. The molecule has 0 aliphatic rings. The van der Waals surface area contributed by atoms with E-state index in [0.717, 1.165) is 113 Å².